The second-order valence-electron chi connectivity index (χ2n) is 2.03. The van der Waals surface area contributed by atoms with Crippen molar-refractivity contribution in [2.75, 3.05) is 6.61 Å². The molecule has 0 fully saturated rings. The van der Waals surface area contributed by atoms with Crippen LogP contribution in [0.25, 0.3) is 0 Å². The van der Waals surface area contributed by atoms with Crippen molar-refractivity contribution >= 4 is 11.6 Å². The van der Waals surface area contributed by atoms with Crippen LogP contribution in [0.15, 0.2) is 0 Å². The molecule has 0 amide bonds. The number of carbonyl (C=O) groups is 2. The van der Waals surface area contributed by atoms with E-state index in [0.29, 0.717) is 0 Å². The zero-order valence-electron chi connectivity index (χ0n) is 5.70. The second-order valence-corrected chi connectivity index (χ2v) is 2.03. The molecule has 0 rings (SSSR count). The first kappa shape index (κ1) is 9.26. The minimum atomic E-state index is -1.25. The van der Waals surface area contributed by atoms with Crippen LogP contribution in [-0.4, -0.2) is 34.5 Å². The molecule has 58 valence electrons. The van der Waals surface area contributed by atoms with E-state index >= 15 is 0 Å². The Kier molecular flexibility index (Phi) is 3.83. The smallest absolute Gasteiger partial charge is 0.161 e. The molecule has 4 heteroatoms. The van der Waals surface area contributed by atoms with Crippen LogP contribution in [0.2, 0.25) is 0 Å². The van der Waals surface area contributed by atoms with Crippen LogP contribution in [0.1, 0.15) is 13.3 Å². The van der Waals surface area contributed by atoms with Gasteiger partial charge in [-0.1, -0.05) is 0 Å². The zero-order chi connectivity index (χ0) is 8.15. The van der Waals surface area contributed by atoms with Crippen LogP contribution in [0.4, 0.5) is 0 Å². The summed E-state index contributed by atoms with van der Waals surface area (Å²) in [6.45, 7) is 0.569. The minimum absolute atomic E-state index is 0.286. The number of rotatable bonds is 4. The maximum absolute atomic E-state index is 10.4. The largest absolute Gasteiger partial charge is 0.389 e. The maximum atomic E-state index is 10.4. The van der Waals surface area contributed by atoms with Crippen LogP contribution in [0, 0.1) is 0 Å². The van der Waals surface area contributed by atoms with Gasteiger partial charge >= 0.3 is 0 Å². The van der Waals surface area contributed by atoms with Gasteiger partial charge in [0.25, 0.3) is 0 Å². The van der Waals surface area contributed by atoms with E-state index in [1.165, 1.54) is 6.92 Å². The lowest BCUT2D eigenvalue weighted by Gasteiger charge is -2.02. The Labute approximate surface area is 58.5 Å². The number of aliphatic hydroxyl groups excluding tert-OH is 2. The van der Waals surface area contributed by atoms with Gasteiger partial charge < -0.3 is 10.2 Å². The van der Waals surface area contributed by atoms with Crippen LogP contribution in [-0.2, 0) is 9.59 Å². The highest BCUT2D eigenvalue weighted by Gasteiger charge is 2.13. The molecule has 0 spiro atoms. The first-order chi connectivity index (χ1) is 4.57. The Morgan fingerprint density at radius 3 is 2.30 bits per heavy atom. The van der Waals surface area contributed by atoms with E-state index in [9.17, 15) is 9.59 Å². The average molecular weight is 146 g/mol. The lowest BCUT2D eigenvalue weighted by molar-refractivity contribution is -0.131. The minimum Gasteiger partial charge on any atom is -0.389 e. The molecule has 0 aliphatic rings. The summed E-state index contributed by atoms with van der Waals surface area (Å²) in [6.07, 6.45) is -1.54. The highest BCUT2D eigenvalue weighted by molar-refractivity contribution is 5.88. The third-order valence-electron chi connectivity index (χ3n) is 1.07. The van der Waals surface area contributed by atoms with Crippen molar-refractivity contribution in [3.05, 3.63) is 0 Å². The van der Waals surface area contributed by atoms with Gasteiger partial charge in [0.05, 0.1) is 0 Å². The van der Waals surface area contributed by atoms with Crippen molar-refractivity contribution in [1.82, 2.24) is 0 Å². The zero-order valence-corrected chi connectivity index (χ0v) is 5.70. The molecule has 0 heterocycles. The SMILES string of the molecule is CC(=O)C(O)CC(=O)CO. The highest BCUT2D eigenvalue weighted by atomic mass is 16.3. The lowest BCUT2D eigenvalue weighted by Crippen LogP contribution is -2.22. The van der Waals surface area contributed by atoms with E-state index in [1.807, 2.05) is 0 Å². The fourth-order valence-electron chi connectivity index (χ4n) is 0.424. The van der Waals surface area contributed by atoms with Crippen molar-refractivity contribution in [3.8, 4) is 0 Å². The molecular weight excluding hydrogens is 136 g/mol. The Hall–Kier alpha value is -0.740. The first-order valence-electron chi connectivity index (χ1n) is 2.89. The molecule has 4 nitrogen and oxygen atoms in total. The molecule has 1 atom stereocenters. The van der Waals surface area contributed by atoms with Gasteiger partial charge in [-0.15, -0.1) is 0 Å². The molecular formula is C6H10O4. The number of ketones is 2. The summed E-state index contributed by atoms with van der Waals surface area (Å²) in [4.78, 5) is 20.7. The molecule has 1 unspecified atom stereocenters. The Morgan fingerprint density at radius 2 is 2.00 bits per heavy atom. The van der Waals surface area contributed by atoms with Gasteiger partial charge in [0.2, 0.25) is 0 Å². The van der Waals surface area contributed by atoms with Crippen molar-refractivity contribution in [2.45, 2.75) is 19.4 Å². The summed E-state index contributed by atoms with van der Waals surface area (Å²) in [5.41, 5.74) is 0. The summed E-state index contributed by atoms with van der Waals surface area (Å²) < 4.78 is 0. The lowest BCUT2D eigenvalue weighted by atomic mass is 10.1. The molecule has 0 aliphatic carbocycles. The molecule has 10 heavy (non-hydrogen) atoms. The fraction of sp³-hybridized carbons (Fsp3) is 0.667. The quantitative estimate of drug-likeness (QED) is 0.527. The van der Waals surface area contributed by atoms with Crippen molar-refractivity contribution in [2.24, 2.45) is 0 Å². The molecule has 0 aromatic carbocycles. The van der Waals surface area contributed by atoms with E-state index in [0.717, 1.165) is 0 Å². The standard InChI is InChI=1S/C6H10O4/c1-4(8)6(10)2-5(9)3-7/h6-7,10H,2-3H2,1H3. The number of aliphatic hydroxyl groups is 2. The normalized spacial score (nSPS) is 12.7. The van der Waals surface area contributed by atoms with E-state index in [2.05, 4.69) is 0 Å². The molecule has 0 aromatic heterocycles. The molecule has 0 aliphatic heterocycles. The monoisotopic (exact) mass is 146 g/mol. The molecule has 0 radical (unpaired) electrons. The van der Waals surface area contributed by atoms with Crippen LogP contribution >= 0.6 is 0 Å². The molecule has 0 saturated heterocycles. The van der Waals surface area contributed by atoms with Crippen LogP contribution < -0.4 is 0 Å². The van der Waals surface area contributed by atoms with E-state index in [4.69, 9.17) is 10.2 Å². The van der Waals surface area contributed by atoms with Crippen molar-refractivity contribution < 1.29 is 19.8 Å². The predicted octanol–water partition coefficient (Wildman–Crippen LogP) is -1.11. The number of hydrogen-bond donors (Lipinski definition) is 2. The third kappa shape index (κ3) is 3.32. The van der Waals surface area contributed by atoms with Gasteiger partial charge in [-0.2, -0.15) is 0 Å². The Bertz CT molecular complexity index is 141. The van der Waals surface area contributed by atoms with Gasteiger partial charge in [0, 0.05) is 6.42 Å². The van der Waals surface area contributed by atoms with Gasteiger partial charge in [0.1, 0.15) is 12.7 Å². The Morgan fingerprint density at radius 1 is 1.50 bits per heavy atom. The van der Waals surface area contributed by atoms with Gasteiger partial charge in [-0.05, 0) is 6.92 Å². The van der Waals surface area contributed by atoms with Crippen LogP contribution in [0.5, 0.6) is 0 Å². The third-order valence-corrected chi connectivity index (χ3v) is 1.07. The molecule has 0 aromatic rings. The summed E-state index contributed by atoms with van der Waals surface area (Å²) in [7, 11) is 0. The predicted molar refractivity (Wildman–Crippen MR) is 33.4 cm³/mol. The van der Waals surface area contributed by atoms with E-state index in [1.54, 1.807) is 0 Å². The fourth-order valence-corrected chi connectivity index (χ4v) is 0.424. The molecule has 0 bridgehead atoms. The summed E-state index contributed by atoms with van der Waals surface area (Å²) >= 11 is 0. The molecule has 0 saturated carbocycles. The van der Waals surface area contributed by atoms with Gasteiger partial charge in [0.15, 0.2) is 11.6 Å². The highest BCUT2D eigenvalue weighted by Crippen LogP contribution is 1.93. The van der Waals surface area contributed by atoms with Crippen molar-refractivity contribution in [1.29, 1.82) is 0 Å². The average Bonchev–Trinajstić information content (AvgIpc) is 1.87. The summed E-state index contributed by atoms with van der Waals surface area (Å²) in [5.74, 6) is -0.982. The van der Waals surface area contributed by atoms with Gasteiger partial charge in [-0.3, -0.25) is 9.59 Å². The first-order valence-corrected chi connectivity index (χ1v) is 2.89. The number of hydrogen-bond acceptors (Lipinski definition) is 4. The Balaban J connectivity index is 3.68. The number of Topliss-reactive ketones (excluding diaryl/α,β-unsaturated/α-hetero) is 2. The second kappa shape index (κ2) is 4.14. The summed E-state index contributed by atoms with van der Waals surface area (Å²) in [6, 6.07) is 0. The van der Waals surface area contributed by atoms with E-state index < -0.39 is 24.3 Å². The van der Waals surface area contributed by atoms with Gasteiger partial charge in [-0.25, -0.2) is 0 Å². The number of carbonyl (C=O) groups excluding carboxylic acids is 2. The maximum Gasteiger partial charge on any atom is 0.161 e. The van der Waals surface area contributed by atoms with Crippen molar-refractivity contribution in [3.63, 3.8) is 0 Å². The van der Waals surface area contributed by atoms with Crippen LogP contribution in [0.3, 0.4) is 0 Å². The summed E-state index contributed by atoms with van der Waals surface area (Å²) in [5, 5.41) is 16.9. The topological polar surface area (TPSA) is 74.6 Å². The molecule has 2 N–H and O–H groups in total. The van der Waals surface area contributed by atoms with E-state index in [-0.39, 0.29) is 6.42 Å².